The maximum Gasteiger partial charge on any atom is 0.290 e. The molecule has 1 atom stereocenters. The Balaban J connectivity index is 1.39. The molecule has 138 valence electrons. The van der Waals surface area contributed by atoms with Crippen molar-refractivity contribution in [2.75, 3.05) is 13.1 Å². The van der Waals surface area contributed by atoms with Crippen molar-refractivity contribution in [2.24, 2.45) is 0 Å². The number of nitrogens with zero attached hydrogens (tertiary/aromatic N) is 2. The molecule has 5 nitrogen and oxygen atoms in total. The van der Waals surface area contributed by atoms with Crippen molar-refractivity contribution in [3.8, 4) is 0 Å². The first-order valence-corrected chi connectivity index (χ1v) is 9.78. The van der Waals surface area contributed by atoms with Gasteiger partial charge in [-0.25, -0.2) is 0 Å². The van der Waals surface area contributed by atoms with Gasteiger partial charge in [0, 0.05) is 31.1 Å². The van der Waals surface area contributed by atoms with E-state index in [1.165, 1.54) is 0 Å². The Labute approximate surface area is 162 Å². The van der Waals surface area contributed by atoms with Crippen LogP contribution in [0.15, 0.2) is 28.8 Å². The number of hydrogen-bond acceptors (Lipinski definition) is 4. The largest absolute Gasteiger partial charge is 0.351 e. The first kappa shape index (κ1) is 17.8. The molecule has 1 unspecified atom stereocenters. The Morgan fingerprint density at radius 3 is 2.85 bits per heavy atom. The van der Waals surface area contributed by atoms with Crippen LogP contribution >= 0.6 is 23.2 Å². The van der Waals surface area contributed by atoms with Crippen LogP contribution in [0.4, 0.5) is 0 Å². The molecule has 0 bridgehead atoms. The summed E-state index contributed by atoms with van der Waals surface area (Å²) in [5, 5.41) is 8.25. The minimum atomic E-state index is -0.158. The number of carbonyl (C=O) groups excluding carboxylic acids is 1. The van der Waals surface area contributed by atoms with Crippen LogP contribution in [0.2, 0.25) is 10.0 Å². The third-order valence-electron chi connectivity index (χ3n) is 4.98. The summed E-state index contributed by atoms with van der Waals surface area (Å²) in [6.45, 7) is 2.74. The normalized spacial score (nSPS) is 20.9. The summed E-state index contributed by atoms with van der Waals surface area (Å²) in [7, 11) is 0. The molecule has 4 rings (SSSR count). The van der Waals surface area contributed by atoms with E-state index in [-0.39, 0.29) is 11.8 Å². The first-order valence-electron chi connectivity index (χ1n) is 9.02. The number of piperidine rings is 1. The summed E-state index contributed by atoms with van der Waals surface area (Å²) >= 11 is 12.1. The fourth-order valence-corrected chi connectivity index (χ4v) is 3.73. The zero-order valence-electron chi connectivity index (χ0n) is 14.4. The number of likely N-dealkylation sites (tertiary alicyclic amines) is 1. The standard InChI is InChI=1S/C19H21Cl2N3O2/c20-15-6-3-12(8-16(15)21)10-24-7-1-2-13(11-24)17-9-18(26-23-17)19(25)22-14-4-5-14/h3,6,8-9,13-14H,1-2,4-5,7,10-11H2,(H,22,25). The molecule has 0 radical (unpaired) electrons. The maximum atomic E-state index is 12.1. The zero-order chi connectivity index (χ0) is 18.1. The van der Waals surface area contributed by atoms with Gasteiger partial charge >= 0.3 is 0 Å². The van der Waals surface area contributed by atoms with Crippen LogP contribution in [0.1, 0.15) is 53.4 Å². The second-order valence-corrected chi connectivity index (χ2v) is 8.00. The molecule has 2 aliphatic rings. The van der Waals surface area contributed by atoms with Gasteiger partial charge in [0.05, 0.1) is 15.7 Å². The lowest BCUT2D eigenvalue weighted by Crippen LogP contribution is -2.34. The highest BCUT2D eigenvalue weighted by molar-refractivity contribution is 6.42. The predicted molar refractivity (Wildman–Crippen MR) is 101 cm³/mol. The van der Waals surface area contributed by atoms with Crippen molar-refractivity contribution in [1.29, 1.82) is 0 Å². The van der Waals surface area contributed by atoms with Gasteiger partial charge in [-0.05, 0) is 49.9 Å². The second-order valence-electron chi connectivity index (χ2n) is 7.19. The van der Waals surface area contributed by atoms with Crippen LogP contribution in [0.25, 0.3) is 0 Å². The van der Waals surface area contributed by atoms with Crippen molar-refractivity contribution in [3.63, 3.8) is 0 Å². The predicted octanol–water partition coefficient (Wildman–Crippen LogP) is 4.25. The van der Waals surface area contributed by atoms with Gasteiger partial charge in [-0.3, -0.25) is 9.69 Å². The van der Waals surface area contributed by atoms with Crippen LogP contribution in [0.3, 0.4) is 0 Å². The molecule has 2 fully saturated rings. The minimum Gasteiger partial charge on any atom is -0.351 e. The average Bonchev–Trinajstić information content (AvgIpc) is 3.30. The van der Waals surface area contributed by atoms with Gasteiger partial charge in [0.25, 0.3) is 5.91 Å². The lowest BCUT2D eigenvalue weighted by Gasteiger charge is -2.31. The van der Waals surface area contributed by atoms with E-state index in [0.717, 1.165) is 56.6 Å². The quantitative estimate of drug-likeness (QED) is 0.824. The summed E-state index contributed by atoms with van der Waals surface area (Å²) in [6.07, 6.45) is 4.24. The van der Waals surface area contributed by atoms with E-state index in [1.54, 1.807) is 6.07 Å². The minimum absolute atomic E-state index is 0.158. The van der Waals surface area contributed by atoms with Gasteiger partial charge in [0.15, 0.2) is 0 Å². The summed E-state index contributed by atoms with van der Waals surface area (Å²) in [6, 6.07) is 7.87. The molecule has 1 aromatic carbocycles. The number of nitrogens with one attached hydrogen (secondary N) is 1. The van der Waals surface area contributed by atoms with Crippen molar-refractivity contribution in [2.45, 2.75) is 44.2 Å². The van der Waals surface area contributed by atoms with Crippen molar-refractivity contribution >= 4 is 29.1 Å². The highest BCUT2D eigenvalue weighted by Gasteiger charge is 2.28. The number of hydrogen-bond donors (Lipinski definition) is 1. The Bertz CT molecular complexity index is 804. The molecule has 7 heteroatoms. The van der Waals surface area contributed by atoms with E-state index < -0.39 is 0 Å². The molecule has 2 heterocycles. The van der Waals surface area contributed by atoms with Crippen LogP contribution < -0.4 is 5.32 Å². The molecule has 26 heavy (non-hydrogen) atoms. The molecule has 1 saturated carbocycles. The van der Waals surface area contributed by atoms with Gasteiger partial charge in [-0.2, -0.15) is 0 Å². The van der Waals surface area contributed by atoms with Crippen LogP contribution in [-0.2, 0) is 6.54 Å². The van der Waals surface area contributed by atoms with E-state index in [1.807, 2.05) is 18.2 Å². The topological polar surface area (TPSA) is 58.4 Å². The summed E-state index contributed by atoms with van der Waals surface area (Å²) in [5.74, 6) is 0.431. The number of halogens is 2. The van der Waals surface area contributed by atoms with Crippen LogP contribution in [-0.4, -0.2) is 35.1 Å². The molecule has 1 amide bonds. The van der Waals surface area contributed by atoms with Gasteiger partial charge in [-0.15, -0.1) is 0 Å². The zero-order valence-corrected chi connectivity index (χ0v) is 15.9. The highest BCUT2D eigenvalue weighted by atomic mass is 35.5. The van der Waals surface area contributed by atoms with Gasteiger partial charge < -0.3 is 9.84 Å². The highest BCUT2D eigenvalue weighted by Crippen LogP contribution is 2.29. The molecule has 1 aliphatic carbocycles. The number of rotatable bonds is 5. The van der Waals surface area contributed by atoms with Crippen molar-refractivity contribution in [3.05, 3.63) is 51.3 Å². The molecule has 1 aliphatic heterocycles. The second kappa shape index (κ2) is 7.59. The van der Waals surface area contributed by atoms with E-state index in [2.05, 4.69) is 15.4 Å². The maximum absolute atomic E-state index is 12.1. The van der Waals surface area contributed by atoms with Crippen molar-refractivity contribution in [1.82, 2.24) is 15.4 Å². The fraction of sp³-hybridized carbons (Fsp3) is 0.474. The van der Waals surface area contributed by atoms with E-state index in [0.29, 0.717) is 21.8 Å². The molecule has 2 aromatic rings. The molecular formula is C19H21Cl2N3O2. The Kier molecular flexibility index (Phi) is 5.20. The summed E-state index contributed by atoms with van der Waals surface area (Å²) in [5.41, 5.74) is 2.01. The van der Waals surface area contributed by atoms with Crippen LogP contribution in [0.5, 0.6) is 0 Å². The Hall–Kier alpha value is -1.56. The van der Waals surface area contributed by atoms with E-state index in [4.69, 9.17) is 27.7 Å². The Morgan fingerprint density at radius 1 is 1.23 bits per heavy atom. The number of amides is 1. The van der Waals surface area contributed by atoms with Gasteiger partial charge in [0.1, 0.15) is 0 Å². The molecular weight excluding hydrogens is 373 g/mol. The SMILES string of the molecule is O=C(NC1CC1)c1cc(C2CCCN(Cc3ccc(Cl)c(Cl)c3)C2)no1. The molecule has 0 spiro atoms. The summed E-state index contributed by atoms with van der Waals surface area (Å²) < 4.78 is 5.28. The van der Waals surface area contributed by atoms with Crippen molar-refractivity contribution < 1.29 is 9.32 Å². The monoisotopic (exact) mass is 393 g/mol. The van der Waals surface area contributed by atoms with Gasteiger partial charge in [0.2, 0.25) is 5.76 Å². The van der Waals surface area contributed by atoms with Gasteiger partial charge in [-0.1, -0.05) is 34.4 Å². The average molecular weight is 394 g/mol. The molecule has 1 aromatic heterocycles. The number of carbonyl (C=O) groups is 1. The lowest BCUT2D eigenvalue weighted by molar-refractivity contribution is 0.0914. The smallest absolute Gasteiger partial charge is 0.290 e. The third kappa shape index (κ3) is 4.22. The lowest BCUT2D eigenvalue weighted by atomic mass is 9.94. The number of aromatic nitrogens is 1. The fourth-order valence-electron chi connectivity index (χ4n) is 3.41. The summed E-state index contributed by atoms with van der Waals surface area (Å²) in [4.78, 5) is 14.5. The van der Waals surface area contributed by atoms with E-state index in [9.17, 15) is 4.79 Å². The van der Waals surface area contributed by atoms with E-state index >= 15 is 0 Å². The third-order valence-corrected chi connectivity index (χ3v) is 5.72. The molecule has 1 saturated heterocycles. The number of benzene rings is 1. The Morgan fingerprint density at radius 2 is 2.08 bits per heavy atom. The first-order chi connectivity index (χ1) is 12.6. The molecule has 1 N–H and O–H groups in total. The van der Waals surface area contributed by atoms with Crippen LogP contribution in [0, 0.1) is 0 Å².